The molecule has 1 aliphatic rings. The summed E-state index contributed by atoms with van der Waals surface area (Å²) in [4.78, 5) is 23.3. The Morgan fingerprint density at radius 2 is 2.33 bits per heavy atom. The van der Waals surface area contributed by atoms with Crippen molar-refractivity contribution in [3.05, 3.63) is 28.4 Å². The number of amides is 1. The Morgan fingerprint density at radius 1 is 1.57 bits per heavy atom. The van der Waals surface area contributed by atoms with Crippen LogP contribution in [0.25, 0.3) is 0 Å². The van der Waals surface area contributed by atoms with Gasteiger partial charge < -0.3 is 9.88 Å². The number of carbonyl (C=O) groups excluding carboxylic acids is 1. The Morgan fingerprint density at radius 3 is 2.95 bits per heavy atom. The van der Waals surface area contributed by atoms with Crippen molar-refractivity contribution < 1.29 is 13.6 Å². The third-order valence-corrected chi connectivity index (χ3v) is 3.01. The first-order chi connectivity index (χ1) is 10.0. The van der Waals surface area contributed by atoms with E-state index in [-0.39, 0.29) is 18.7 Å². The minimum atomic E-state index is -1.08. The fourth-order valence-electron chi connectivity index (χ4n) is 1.97. The SMILES string of the molecule is N#CC1CC(C(=O)Nc2cc(F)c(=O)n(CCF)c2)NN1. The van der Waals surface area contributed by atoms with E-state index < -0.39 is 36.0 Å². The lowest BCUT2D eigenvalue weighted by atomic mass is 10.1. The summed E-state index contributed by atoms with van der Waals surface area (Å²) in [5.41, 5.74) is 4.36. The van der Waals surface area contributed by atoms with Crippen molar-refractivity contribution in [2.24, 2.45) is 0 Å². The first kappa shape index (κ1) is 15.1. The molecule has 0 aliphatic carbocycles. The molecule has 1 fully saturated rings. The second kappa shape index (κ2) is 6.43. The van der Waals surface area contributed by atoms with E-state index in [4.69, 9.17) is 5.26 Å². The monoisotopic (exact) mass is 297 g/mol. The highest BCUT2D eigenvalue weighted by Crippen LogP contribution is 2.10. The van der Waals surface area contributed by atoms with Crippen LogP contribution < -0.4 is 21.7 Å². The molecular weight excluding hydrogens is 284 g/mol. The van der Waals surface area contributed by atoms with Crippen molar-refractivity contribution >= 4 is 11.6 Å². The number of nitrogens with one attached hydrogen (secondary N) is 3. The number of aryl methyl sites for hydroxylation is 1. The highest BCUT2D eigenvalue weighted by molar-refractivity contribution is 5.94. The molecule has 3 N–H and O–H groups in total. The summed E-state index contributed by atoms with van der Waals surface area (Å²) >= 11 is 0. The van der Waals surface area contributed by atoms with Crippen LogP contribution in [0.4, 0.5) is 14.5 Å². The van der Waals surface area contributed by atoms with E-state index in [2.05, 4.69) is 16.2 Å². The minimum absolute atomic E-state index is 0.0488. The zero-order valence-corrected chi connectivity index (χ0v) is 10.9. The number of halogens is 2. The van der Waals surface area contributed by atoms with E-state index in [1.807, 2.05) is 6.07 Å². The lowest BCUT2D eigenvalue weighted by molar-refractivity contribution is -0.117. The molecule has 0 saturated carbocycles. The van der Waals surface area contributed by atoms with Gasteiger partial charge >= 0.3 is 0 Å². The van der Waals surface area contributed by atoms with E-state index in [9.17, 15) is 18.4 Å². The molecule has 0 spiro atoms. The van der Waals surface area contributed by atoms with Crippen LogP contribution in [0, 0.1) is 17.1 Å². The number of anilines is 1. The predicted octanol–water partition coefficient (Wildman–Crippen LogP) is -0.346. The Bertz CT molecular complexity index is 640. The molecule has 2 unspecified atom stereocenters. The number of pyridine rings is 1. The smallest absolute Gasteiger partial charge is 0.286 e. The van der Waals surface area contributed by atoms with Crippen LogP contribution in [0.5, 0.6) is 0 Å². The molecule has 9 heteroatoms. The van der Waals surface area contributed by atoms with E-state index in [0.29, 0.717) is 0 Å². The van der Waals surface area contributed by atoms with Gasteiger partial charge in [-0.2, -0.15) is 5.26 Å². The van der Waals surface area contributed by atoms with Crippen LogP contribution in [-0.2, 0) is 11.3 Å². The number of alkyl halides is 1. The molecule has 7 nitrogen and oxygen atoms in total. The van der Waals surface area contributed by atoms with Crippen molar-refractivity contribution in [3.63, 3.8) is 0 Å². The van der Waals surface area contributed by atoms with Gasteiger partial charge in [0.05, 0.1) is 18.3 Å². The standard InChI is InChI=1S/C12H13F2N5O2/c13-1-2-19-6-8(3-9(14)12(19)21)16-11(20)10-4-7(5-15)17-18-10/h3,6-7,10,17-18H,1-2,4H2,(H,16,20). The van der Waals surface area contributed by atoms with Crippen LogP contribution >= 0.6 is 0 Å². The first-order valence-electron chi connectivity index (χ1n) is 6.22. The zero-order chi connectivity index (χ0) is 15.4. The highest BCUT2D eigenvalue weighted by atomic mass is 19.1. The van der Waals surface area contributed by atoms with Crippen molar-refractivity contribution in [3.8, 4) is 6.07 Å². The van der Waals surface area contributed by atoms with Gasteiger partial charge in [0, 0.05) is 18.7 Å². The quantitative estimate of drug-likeness (QED) is 0.706. The van der Waals surface area contributed by atoms with Crippen LogP contribution in [0.15, 0.2) is 17.1 Å². The number of nitriles is 1. The second-order valence-corrected chi connectivity index (χ2v) is 4.51. The second-order valence-electron chi connectivity index (χ2n) is 4.51. The Hall–Kier alpha value is -2.31. The fourth-order valence-corrected chi connectivity index (χ4v) is 1.97. The van der Waals surface area contributed by atoms with Gasteiger partial charge in [-0.15, -0.1) is 0 Å². The van der Waals surface area contributed by atoms with Gasteiger partial charge in [0.2, 0.25) is 5.91 Å². The van der Waals surface area contributed by atoms with Crippen molar-refractivity contribution in [1.82, 2.24) is 15.4 Å². The molecule has 21 heavy (non-hydrogen) atoms. The number of hydrogen-bond donors (Lipinski definition) is 3. The maximum Gasteiger partial charge on any atom is 0.286 e. The molecular formula is C12H13F2N5O2. The summed E-state index contributed by atoms with van der Waals surface area (Å²) in [5, 5.41) is 11.1. The molecule has 1 aliphatic heterocycles. The summed E-state index contributed by atoms with van der Waals surface area (Å²) < 4.78 is 26.6. The number of hydrogen-bond acceptors (Lipinski definition) is 5. The average Bonchev–Trinajstić information content (AvgIpc) is 2.93. The number of aromatic nitrogens is 1. The highest BCUT2D eigenvalue weighted by Gasteiger charge is 2.29. The minimum Gasteiger partial charge on any atom is -0.323 e. The number of hydrazine groups is 1. The van der Waals surface area contributed by atoms with Crippen LogP contribution in [0.2, 0.25) is 0 Å². The van der Waals surface area contributed by atoms with Gasteiger partial charge in [0.15, 0.2) is 5.82 Å². The molecule has 2 heterocycles. The number of rotatable bonds is 4. The lowest BCUT2D eigenvalue weighted by Gasteiger charge is -2.12. The topological polar surface area (TPSA) is 99.0 Å². The van der Waals surface area contributed by atoms with Gasteiger partial charge in [-0.3, -0.25) is 9.59 Å². The molecule has 0 aromatic carbocycles. The summed E-state index contributed by atoms with van der Waals surface area (Å²) in [6.07, 6.45) is 1.43. The van der Waals surface area contributed by atoms with Crippen LogP contribution in [0.3, 0.4) is 0 Å². The van der Waals surface area contributed by atoms with Gasteiger partial charge in [-0.25, -0.2) is 19.6 Å². The first-order valence-corrected chi connectivity index (χ1v) is 6.22. The summed E-state index contributed by atoms with van der Waals surface area (Å²) in [5.74, 6) is -1.56. The Kier molecular flexibility index (Phi) is 4.62. The molecule has 1 aromatic rings. The Labute approximate surface area is 118 Å². The molecule has 0 bridgehead atoms. The molecule has 2 rings (SSSR count). The molecule has 1 saturated heterocycles. The maximum atomic E-state index is 13.4. The predicted molar refractivity (Wildman–Crippen MR) is 69.3 cm³/mol. The van der Waals surface area contributed by atoms with Gasteiger partial charge in [-0.1, -0.05) is 0 Å². The van der Waals surface area contributed by atoms with Crippen molar-refractivity contribution in [2.75, 3.05) is 12.0 Å². The van der Waals surface area contributed by atoms with E-state index in [1.54, 1.807) is 0 Å². The van der Waals surface area contributed by atoms with Crippen molar-refractivity contribution in [1.29, 1.82) is 5.26 Å². The summed E-state index contributed by atoms with van der Waals surface area (Å²) in [6, 6.07) is 1.69. The largest absolute Gasteiger partial charge is 0.323 e. The molecule has 1 aromatic heterocycles. The summed E-state index contributed by atoms with van der Waals surface area (Å²) in [7, 11) is 0. The van der Waals surface area contributed by atoms with E-state index >= 15 is 0 Å². The zero-order valence-electron chi connectivity index (χ0n) is 10.9. The normalized spacial score (nSPS) is 21.0. The maximum absolute atomic E-state index is 13.4. The van der Waals surface area contributed by atoms with Crippen molar-refractivity contribution in [2.45, 2.75) is 25.0 Å². The number of nitrogens with zero attached hydrogens (tertiary/aromatic N) is 2. The van der Waals surface area contributed by atoms with Gasteiger partial charge in [0.1, 0.15) is 18.8 Å². The molecule has 112 valence electrons. The van der Waals surface area contributed by atoms with E-state index in [1.165, 1.54) is 6.20 Å². The molecule has 1 amide bonds. The number of carbonyl (C=O) groups is 1. The molecule has 2 atom stereocenters. The van der Waals surface area contributed by atoms with E-state index in [0.717, 1.165) is 10.6 Å². The average molecular weight is 297 g/mol. The third-order valence-electron chi connectivity index (χ3n) is 3.01. The van der Waals surface area contributed by atoms with Gasteiger partial charge in [-0.05, 0) is 0 Å². The lowest BCUT2D eigenvalue weighted by Crippen LogP contribution is -2.40. The summed E-state index contributed by atoms with van der Waals surface area (Å²) in [6.45, 7) is -1.12. The fraction of sp³-hybridized carbons (Fsp3) is 0.417. The molecule has 0 radical (unpaired) electrons. The third kappa shape index (κ3) is 3.42. The van der Waals surface area contributed by atoms with Gasteiger partial charge in [0.25, 0.3) is 5.56 Å². The van der Waals surface area contributed by atoms with Crippen LogP contribution in [-0.4, -0.2) is 29.2 Å². The van der Waals surface area contributed by atoms with Crippen LogP contribution in [0.1, 0.15) is 6.42 Å². The Balaban J connectivity index is 2.11.